The van der Waals surface area contributed by atoms with E-state index in [9.17, 15) is 0 Å². The number of hydrogen-bond acceptors (Lipinski definition) is 2. The first-order chi connectivity index (χ1) is 10.3. The zero-order valence-corrected chi connectivity index (χ0v) is 14.6. The summed E-state index contributed by atoms with van der Waals surface area (Å²) in [4.78, 5) is 6.45. The van der Waals surface area contributed by atoms with E-state index in [4.69, 9.17) is 0 Å². The molecule has 0 atom stereocenters. The molecule has 21 heavy (non-hydrogen) atoms. The third kappa shape index (κ3) is 6.85. The van der Waals surface area contributed by atoms with Crippen molar-refractivity contribution in [1.29, 1.82) is 0 Å². The fourth-order valence-electron chi connectivity index (χ4n) is 2.08. The van der Waals surface area contributed by atoms with Crippen LogP contribution in [0.15, 0.2) is 29.5 Å². The Labute approximate surface area is 144 Å². The van der Waals surface area contributed by atoms with Crippen LogP contribution in [0.3, 0.4) is 0 Å². The topological polar surface area (TPSA) is 42.6 Å². The summed E-state index contributed by atoms with van der Waals surface area (Å²) in [6, 6.07) is 5.77. The van der Waals surface area contributed by atoms with Gasteiger partial charge in [-0.3, -0.25) is 4.98 Å². The molecule has 0 amide bonds. The van der Waals surface area contributed by atoms with E-state index in [-0.39, 0.29) is 0 Å². The molecule has 0 spiro atoms. The number of rotatable bonds is 2. The molecule has 0 saturated carbocycles. The molecular formula is C14H20ClCuN4S. The number of aromatic nitrogens is 1. The summed E-state index contributed by atoms with van der Waals surface area (Å²) in [5.41, 5.74) is 5.88. The Kier molecular flexibility index (Phi) is 9.79. The van der Waals surface area contributed by atoms with Crippen molar-refractivity contribution in [2.45, 2.75) is 32.6 Å². The number of hydrogen-bond donors (Lipinski definition) is 0. The summed E-state index contributed by atoms with van der Waals surface area (Å²) in [7, 11) is 4.20. The molecular weight excluding hydrogens is 355 g/mol. The van der Waals surface area contributed by atoms with Gasteiger partial charge in [-0.2, -0.15) is 0 Å². The van der Waals surface area contributed by atoms with Crippen molar-refractivity contribution in [3.05, 3.63) is 35.5 Å². The molecule has 1 aliphatic heterocycles. The molecule has 1 aliphatic rings. The molecule has 0 aliphatic carbocycles. The van der Waals surface area contributed by atoms with Crippen molar-refractivity contribution in [1.82, 2.24) is 9.88 Å². The Morgan fingerprint density at radius 1 is 1.29 bits per heavy atom. The summed E-state index contributed by atoms with van der Waals surface area (Å²) in [5, 5.41) is 4.93. The zero-order chi connectivity index (χ0) is 15.5. The SMILES string of the molecule is CC(=N[N-]C(=[SH+])N1CCCCCC1)c1ccccn1.[Cl][Cu]. The summed E-state index contributed by atoms with van der Waals surface area (Å²) in [6.07, 6.45) is 6.78. The molecule has 4 nitrogen and oxygen atoms in total. The van der Waals surface area contributed by atoms with Crippen molar-refractivity contribution in [2.75, 3.05) is 13.1 Å². The minimum absolute atomic E-state index is 0.706. The first kappa shape index (κ1) is 18.5. The van der Waals surface area contributed by atoms with Gasteiger partial charge in [-0.15, -0.1) is 0 Å². The first-order valence-corrected chi connectivity index (χ1v) is 8.60. The molecule has 1 fully saturated rings. The van der Waals surface area contributed by atoms with E-state index >= 15 is 0 Å². The third-order valence-electron chi connectivity index (χ3n) is 3.21. The van der Waals surface area contributed by atoms with E-state index in [0.717, 1.165) is 24.5 Å². The Morgan fingerprint density at radius 3 is 2.52 bits per heavy atom. The fourth-order valence-corrected chi connectivity index (χ4v) is 2.33. The van der Waals surface area contributed by atoms with Crippen LogP contribution in [0.4, 0.5) is 0 Å². The van der Waals surface area contributed by atoms with E-state index < -0.39 is 0 Å². The summed E-state index contributed by atoms with van der Waals surface area (Å²) < 4.78 is 0. The summed E-state index contributed by atoms with van der Waals surface area (Å²) in [5.74, 6) is 0. The van der Waals surface area contributed by atoms with Crippen LogP contribution in [0.5, 0.6) is 0 Å². The van der Waals surface area contributed by atoms with Crippen molar-refractivity contribution in [3.8, 4) is 0 Å². The van der Waals surface area contributed by atoms with Crippen LogP contribution in [0, 0.1) is 0 Å². The van der Waals surface area contributed by atoms with E-state index in [1.807, 2.05) is 25.1 Å². The molecule has 0 bridgehead atoms. The molecule has 2 heterocycles. The van der Waals surface area contributed by atoms with Gasteiger partial charge in [0.2, 0.25) is 0 Å². The Hall–Kier alpha value is -0.521. The van der Waals surface area contributed by atoms with Crippen LogP contribution in [0.2, 0.25) is 0 Å². The van der Waals surface area contributed by atoms with E-state index in [2.05, 4.69) is 57.8 Å². The van der Waals surface area contributed by atoms with Gasteiger partial charge in [0, 0.05) is 25.0 Å². The average molecular weight is 375 g/mol. The van der Waals surface area contributed by atoms with Crippen LogP contribution in [0.1, 0.15) is 38.3 Å². The second-order valence-electron chi connectivity index (χ2n) is 4.70. The van der Waals surface area contributed by atoms with Gasteiger partial charge in [-0.05, 0) is 31.9 Å². The van der Waals surface area contributed by atoms with Crippen molar-refractivity contribution >= 4 is 33.1 Å². The Balaban J connectivity index is 0.00000106. The van der Waals surface area contributed by atoms with Gasteiger partial charge in [-0.1, -0.05) is 18.9 Å². The van der Waals surface area contributed by atoms with E-state index in [1.165, 1.54) is 25.7 Å². The number of likely N-dealkylation sites (tertiary alicyclic amines) is 1. The van der Waals surface area contributed by atoms with Crippen LogP contribution < -0.4 is 0 Å². The second-order valence-corrected chi connectivity index (χ2v) is 5.10. The molecule has 0 N–H and O–H groups in total. The molecule has 7 heteroatoms. The van der Waals surface area contributed by atoms with Gasteiger partial charge < -0.3 is 10.5 Å². The molecule has 0 radical (unpaired) electrons. The maximum atomic E-state index is 4.46. The molecule has 1 aromatic heterocycles. The minimum atomic E-state index is 0.706. The molecule has 1 aromatic rings. The van der Waals surface area contributed by atoms with Crippen LogP contribution in [-0.2, 0) is 27.3 Å². The zero-order valence-electron chi connectivity index (χ0n) is 12.0. The van der Waals surface area contributed by atoms with E-state index in [0.29, 0.717) is 5.11 Å². The molecule has 1 saturated heterocycles. The average Bonchev–Trinajstić information content (AvgIpc) is 2.84. The van der Waals surface area contributed by atoms with Gasteiger partial charge in [0.1, 0.15) is 0 Å². The van der Waals surface area contributed by atoms with Crippen LogP contribution in [-0.4, -0.2) is 33.8 Å². The summed E-state index contributed by atoms with van der Waals surface area (Å²) >= 11 is 8.12. The van der Waals surface area contributed by atoms with Crippen molar-refractivity contribution in [3.63, 3.8) is 0 Å². The normalized spacial score (nSPS) is 16.5. The third-order valence-corrected chi connectivity index (χ3v) is 3.59. The number of halogens is 1. The predicted octanol–water partition coefficient (Wildman–Crippen LogP) is 3.11. The molecule has 2 rings (SSSR count). The quantitative estimate of drug-likeness (QED) is 0.199. The predicted molar refractivity (Wildman–Crippen MR) is 89.5 cm³/mol. The van der Waals surface area contributed by atoms with Gasteiger partial charge in [-0.25, -0.2) is 4.90 Å². The Bertz CT molecular complexity index is 448. The van der Waals surface area contributed by atoms with Crippen molar-refractivity contribution < 1.29 is 15.1 Å². The number of thiol groups is 1. The fraction of sp³-hybridized carbons (Fsp3) is 0.500. The van der Waals surface area contributed by atoms with Crippen LogP contribution in [0.25, 0.3) is 5.43 Å². The Morgan fingerprint density at radius 2 is 1.95 bits per heavy atom. The number of nitrogens with zero attached hydrogens (tertiary/aromatic N) is 4. The first-order valence-electron chi connectivity index (χ1n) is 6.86. The standard InChI is InChI=1S/C14H20N4S.ClH.Cu/c1-12(13-8-4-5-9-15-13)16-17-14(19)18-10-6-2-3-7-11-18;;/h4-5,8-9H,2-3,6-7,10-11H2,1H3,(H,15,17,19);1H;/q;;+1/p-1. The van der Waals surface area contributed by atoms with Crippen LogP contribution >= 0.6 is 10.1 Å². The number of pyridine rings is 1. The monoisotopic (exact) mass is 374 g/mol. The molecule has 0 unspecified atom stereocenters. The van der Waals surface area contributed by atoms with Gasteiger partial charge in [0.25, 0.3) is 0 Å². The van der Waals surface area contributed by atoms with Gasteiger partial charge >= 0.3 is 25.2 Å². The maximum absolute atomic E-state index is 4.46. The second kappa shape index (κ2) is 11.1. The molecule has 0 aromatic carbocycles. The molecule has 120 valence electrons. The van der Waals surface area contributed by atoms with Crippen molar-refractivity contribution in [2.24, 2.45) is 5.10 Å². The van der Waals surface area contributed by atoms with Gasteiger partial charge in [0.15, 0.2) is 17.3 Å². The van der Waals surface area contributed by atoms with E-state index in [1.54, 1.807) is 6.20 Å². The summed E-state index contributed by atoms with van der Waals surface area (Å²) in [6.45, 7) is 3.97. The van der Waals surface area contributed by atoms with Gasteiger partial charge in [0.05, 0.1) is 5.69 Å².